The van der Waals surface area contributed by atoms with E-state index in [-0.39, 0.29) is 11.9 Å². The molecule has 3 rings (SSSR count). The molecule has 2 aromatic rings. The second-order valence-electron chi connectivity index (χ2n) is 4.79. The fourth-order valence-electron chi connectivity index (χ4n) is 2.34. The third-order valence-electron chi connectivity index (χ3n) is 3.37. The Bertz CT molecular complexity index is 699. The Labute approximate surface area is 135 Å². The van der Waals surface area contributed by atoms with Gasteiger partial charge in [0.05, 0.1) is 11.2 Å². The van der Waals surface area contributed by atoms with Crippen LogP contribution >= 0.6 is 27.7 Å². The maximum Gasteiger partial charge on any atom is 0.246 e. The largest absolute Gasteiger partial charge is 0.468 e. The van der Waals surface area contributed by atoms with Crippen LogP contribution in [0, 0.1) is 6.92 Å². The number of aryl methyl sites for hydroxylation is 1. The molecule has 0 fully saturated rings. The van der Waals surface area contributed by atoms with Gasteiger partial charge >= 0.3 is 0 Å². The number of furan rings is 1. The molecule has 1 aromatic heterocycles. The third-order valence-corrected chi connectivity index (χ3v) is 5.49. The van der Waals surface area contributed by atoms with Gasteiger partial charge in [-0.15, -0.1) is 0 Å². The monoisotopic (exact) mass is 366 g/mol. The molecule has 0 spiro atoms. The summed E-state index contributed by atoms with van der Waals surface area (Å²) in [6, 6.07) is 5.69. The lowest BCUT2D eigenvalue weighted by atomic mass is 10.1. The molecular formula is C15H15BrN2O2S. The van der Waals surface area contributed by atoms with Crippen LogP contribution in [0.3, 0.4) is 0 Å². The summed E-state index contributed by atoms with van der Waals surface area (Å²) in [5, 5.41) is 6.13. The minimum absolute atomic E-state index is 0.000363. The number of fused-ring (bicyclic) bond motifs is 1. The molecule has 1 aliphatic rings. The van der Waals surface area contributed by atoms with Gasteiger partial charge in [0.2, 0.25) is 5.91 Å². The van der Waals surface area contributed by atoms with Crippen LogP contribution in [-0.4, -0.2) is 12.5 Å². The summed E-state index contributed by atoms with van der Waals surface area (Å²) in [6.45, 7) is 4.68. The predicted molar refractivity (Wildman–Crippen MR) is 86.8 cm³/mol. The van der Waals surface area contributed by atoms with Crippen LogP contribution in [0.2, 0.25) is 0 Å². The van der Waals surface area contributed by atoms with Gasteiger partial charge in [0.25, 0.3) is 0 Å². The van der Waals surface area contributed by atoms with Crippen molar-refractivity contribution >= 4 is 39.3 Å². The number of carbonyl (C=O) groups excluding carboxylic acids is 1. The molecule has 1 amide bonds. The zero-order chi connectivity index (χ0) is 15.0. The first kappa shape index (κ1) is 14.7. The van der Waals surface area contributed by atoms with E-state index in [1.807, 2.05) is 32.0 Å². The quantitative estimate of drug-likeness (QED) is 0.854. The van der Waals surface area contributed by atoms with Crippen molar-refractivity contribution in [1.82, 2.24) is 5.32 Å². The summed E-state index contributed by atoms with van der Waals surface area (Å²) < 4.78 is 6.30. The van der Waals surface area contributed by atoms with E-state index in [9.17, 15) is 4.79 Å². The fourth-order valence-corrected chi connectivity index (χ4v) is 3.83. The summed E-state index contributed by atoms with van der Waals surface area (Å²) in [5.41, 5.74) is 1.86. The molecule has 1 aromatic carbocycles. The maximum atomic E-state index is 12.0. The van der Waals surface area contributed by atoms with E-state index in [0.29, 0.717) is 0 Å². The number of rotatable bonds is 4. The van der Waals surface area contributed by atoms with Gasteiger partial charge in [-0.2, -0.15) is 0 Å². The highest BCUT2D eigenvalue weighted by molar-refractivity contribution is 9.10. The zero-order valence-corrected chi connectivity index (χ0v) is 14.1. The molecule has 0 saturated carbocycles. The van der Waals surface area contributed by atoms with Crippen molar-refractivity contribution in [2.45, 2.75) is 29.7 Å². The molecule has 0 bridgehead atoms. The molecule has 0 radical (unpaired) electrons. The number of nitrogens with one attached hydrogen (secondary N) is 2. The van der Waals surface area contributed by atoms with E-state index in [4.69, 9.17) is 4.42 Å². The van der Waals surface area contributed by atoms with Crippen LogP contribution in [-0.2, 0) is 4.79 Å². The van der Waals surface area contributed by atoms with Crippen molar-refractivity contribution in [1.29, 1.82) is 0 Å². The molecule has 0 aliphatic carbocycles. The summed E-state index contributed by atoms with van der Waals surface area (Å²) in [4.78, 5) is 14.1. The highest BCUT2D eigenvalue weighted by Gasteiger charge is 2.30. The van der Waals surface area contributed by atoms with E-state index in [2.05, 4.69) is 26.6 Å². The Balaban J connectivity index is 1.94. The van der Waals surface area contributed by atoms with Crippen molar-refractivity contribution in [2.75, 3.05) is 11.9 Å². The van der Waals surface area contributed by atoms with Crippen molar-refractivity contribution in [3.63, 3.8) is 0 Å². The molecule has 6 heteroatoms. The zero-order valence-electron chi connectivity index (χ0n) is 11.7. The summed E-state index contributed by atoms with van der Waals surface area (Å²) in [6.07, 6.45) is 1.68. The van der Waals surface area contributed by atoms with E-state index in [1.165, 1.54) is 0 Å². The third kappa shape index (κ3) is 2.75. The van der Waals surface area contributed by atoms with Crippen LogP contribution in [0.25, 0.3) is 0 Å². The highest BCUT2D eigenvalue weighted by atomic mass is 79.9. The predicted octanol–water partition coefficient (Wildman–Crippen LogP) is 4.10. The van der Waals surface area contributed by atoms with Crippen LogP contribution in [0.15, 0.2) is 43.1 Å². The van der Waals surface area contributed by atoms with Gasteiger partial charge in [0, 0.05) is 20.6 Å². The Morgan fingerprint density at radius 2 is 2.24 bits per heavy atom. The molecule has 2 N–H and O–H groups in total. The van der Waals surface area contributed by atoms with Crippen LogP contribution in [0.5, 0.6) is 0 Å². The standard InChI is InChI=1S/C15H15BrN2O2S/c1-3-17-14-9-6-10(16)13(7-11(9)18-15(14)19)21-12-4-5-20-8(12)2/h4-7,14,17H,3H2,1-2H3,(H,18,19). The van der Waals surface area contributed by atoms with E-state index < -0.39 is 0 Å². The normalized spacial score (nSPS) is 16.9. The number of carbonyl (C=O) groups is 1. The topological polar surface area (TPSA) is 54.3 Å². The Morgan fingerprint density at radius 3 is 2.90 bits per heavy atom. The molecule has 1 atom stereocenters. The lowest BCUT2D eigenvalue weighted by molar-refractivity contribution is -0.117. The molecule has 4 nitrogen and oxygen atoms in total. The number of hydrogen-bond acceptors (Lipinski definition) is 4. The van der Waals surface area contributed by atoms with Crippen molar-refractivity contribution in [3.05, 3.63) is 40.3 Å². The number of hydrogen-bond donors (Lipinski definition) is 2. The maximum absolute atomic E-state index is 12.0. The van der Waals surface area contributed by atoms with Gasteiger partial charge in [-0.3, -0.25) is 4.79 Å². The average molecular weight is 367 g/mol. The number of benzene rings is 1. The number of anilines is 1. The number of amides is 1. The highest BCUT2D eigenvalue weighted by Crippen LogP contribution is 2.42. The first-order chi connectivity index (χ1) is 10.1. The molecule has 1 aliphatic heterocycles. The molecular weight excluding hydrogens is 352 g/mol. The molecule has 1 unspecified atom stereocenters. The van der Waals surface area contributed by atoms with Gasteiger partial charge in [-0.25, -0.2) is 0 Å². The minimum atomic E-state index is -0.268. The molecule has 0 saturated heterocycles. The van der Waals surface area contributed by atoms with Crippen molar-refractivity contribution in [2.24, 2.45) is 0 Å². The van der Waals surface area contributed by atoms with Crippen molar-refractivity contribution < 1.29 is 9.21 Å². The first-order valence-corrected chi connectivity index (χ1v) is 8.30. The van der Waals surface area contributed by atoms with Gasteiger partial charge in [-0.05, 0) is 47.6 Å². The Hall–Kier alpha value is -1.24. The summed E-state index contributed by atoms with van der Waals surface area (Å²) >= 11 is 5.22. The number of halogens is 1. The number of likely N-dealkylation sites (N-methyl/N-ethyl adjacent to an activating group) is 1. The van der Waals surface area contributed by atoms with E-state index >= 15 is 0 Å². The van der Waals surface area contributed by atoms with Crippen LogP contribution < -0.4 is 10.6 Å². The van der Waals surface area contributed by atoms with Gasteiger partial charge < -0.3 is 15.1 Å². The Morgan fingerprint density at radius 1 is 1.43 bits per heavy atom. The fraction of sp³-hybridized carbons (Fsp3) is 0.267. The van der Waals surface area contributed by atoms with Gasteiger partial charge in [-0.1, -0.05) is 18.7 Å². The van der Waals surface area contributed by atoms with Gasteiger partial charge in [0.15, 0.2) is 0 Å². The van der Waals surface area contributed by atoms with Gasteiger partial charge in [0.1, 0.15) is 11.8 Å². The van der Waals surface area contributed by atoms with E-state index in [1.54, 1.807) is 18.0 Å². The second-order valence-corrected chi connectivity index (χ2v) is 6.73. The molecule has 110 valence electrons. The average Bonchev–Trinajstić information content (AvgIpc) is 2.97. The summed E-state index contributed by atoms with van der Waals surface area (Å²) in [7, 11) is 0. The second kappa shape index (κ2) is 5.87. The van der Waals surface area contributed by atoms with E-state index in [0.717, 1.165) is 37.8 Å². The molecule has 21 heavy (non-hydrogen) atoms. The van der Waals surface area contributed by atoms with Crippen LogP contribution in [0.1, 0.15) is 24.3 Å². The minimum Gasteiger partial charge on any atom is -0.468 e. The SMILES string of the molecule is CCNC1C(=O)Nc2cc(Sc3ccoc3C)c(Br)cc21. The smallest absolute Gasteiger partial charge is 0.246 e. The molecule has 2 heterocycles. The lowest BCUT2D eigenvalue weighted by Crippen LogP contribution is -2.27. The lowest BCUT2D eigenvalue weighted by Gasteiger charge is -2.11. The Kier molecular flexibility index (Phi) is 4.10. The van der Waals surface area contributed by atoms with Crippen molar-refractivity contribution in [3.8, 4) is 0 Å². The first-order valence-electron chi connectivity index (χ1n) is 6.69. The summed E-state index contributed by atoms with van der Waals surface area (Å²) in [5.74, 6) is 0.891. The van der Waals surface area contributed by atoms with Crippen LogP contribution in [0.4, 0.5) is 5.69 Å².